The van der Waals surface area contributed by atoms with Gasteiger partial charge in [-0.25, -0.2) is 8.42 Å². The van der Waals surface area contributed by atoms with E-state index in [1.807, 2.05) is 12.1 Å². The maximum absolute atomic E-state index is 12.3. The first-order valence-electron chi connectivity index (χ1n) is 6.65. The van der Waals surface area contributed by atoms with E-state index in [4.69, 9.17) is 0 Å². The lowest BCUT2D eigenvalue weighted by Crippen LogP contribution is -2.33. The number of rotatable bonds is 4. The molecule has 1 saturated carbocycles. The average molecular weight is 266 g/mol. The van der Waals surface area contributed by atoms with Crippen LogP contribution in [0.2, 0.25) is 0 Å². The molecule has 1 aliphatic carbocycles. The fraction of sp³-hybridized carbons (Fsp3) is 0.600. The predicted molar refractivity (Wildman–Crippen MR) is 74.5 cm³/mol. The molecule has 0 bridgehead atoms. The van der Waals surface area contributed by atoms with E-state index in [2.05, 4.69) is 20.8 Å². The first-order chi connectivity index (χ1) is 8.32. The molecule has 1 fully saturated rings. The van der Waals surface area contributed by atoms with E-state index < -0.39 is 9.84 Å². The molecule has 0 spiro atoms. The van der Waals surface area contributed by atoms with Crippen LogP contribution in [0.4, 0.5) is 0 Å². The van der Waals surface area contributed by atoms with E-state index >= 15 is 0 Å². The van der Waals surface area contributed by atoms with Crippen LogP contribution in [0.15, 0.2) is 29.2 Å². The molecule has 18 heavy (non-hydrogen) atoms. The van der Waals surface area contributed by atoms with Crippen molar-refractivity contribution >= 4 is 9.84 Å². The molecule has 0 saturated heterocycles. The van der Waals surface area contributed by atoms with Crippen LogP contribution >= 0.6 is 0 Å². The smallest absolute Gasteiger partial charge is 0.178 e. The minimum atomic E-state index is -3.12. The SMILES string of the molecule is CC(C)c1ccc(S(=O)(=O)CC2(C)CCC2)cc1. The Labute approximate surface area is 110 Å². The highest BCUT2D eigenvalue weighted by atomic mass is 32.2. The van der Waals surface area contributed by atoms with Gasteiger partial charge in [0.1, 0.15) is 0 Å². The molecule has 0 unspecified atom stereocenters. The van der Waals surface area contributed by atoms with E-state index in [9.17, 15) is 8.42 Å². The highest BCUT2D eigenvalue weighted by Crippen LogP contribution is 2.42. The van der Waals surface area contributed by atoms with Gasteiger partial charge in [-0.1, -0.05) is 39.3 Å². The van der Waals surface area contributed by atoms with Gasteiger partial charge < -0.3 is 0 Å². The summed E-state index contributed by atoms with van der Waals surface area (Å²) >= 11 is 0. The molecule has 3 heteroatoms. The molecule has 1 aliphatic rings. The lowest BCUT2D eigenvalue weighted by atomic mass is 9.72. The minimum Gasteiger partial charge on any atom is -0.224 e. The second-order valence-corrected chi connectivity index (χ2v) is 8.14. The summed E-state index contributed by atoms with van der Waals surface area (Å²) in [6, 6.07) is 7.38. The van der Waals surface area contributed by atoms with E-state index in [0.717, 1.165) is 19.3 Å². The third kappa shape index (κ3) is 2.77. The average Bonchev–Trinajstić information content (AvgIpc) is 2.26. The second kappa shape index (κ2) is 4.69. The third-order valence-corrected chi connectivity index (χ3v) is 6.07. The van der Waals surface area contributed by atoms with Gasteiger partial charge in [0.05, 0.1) is 10.6 Å². The molecular formula is C15H22O2S. The highest BCUT2D eigenvalue weighted by Gasteiger charge is 2.36. The van der Waals surface area contributed by atoms with Crippen LogP contribution in [0, 0.1) is 5.41 Å². The van der Waals surface area contributed by atoms with Crippen molar-refractivity contribution < 1.29 is 8.42 Å². The van der Waals surface area contributed by atoms with Crippen molar-refractivity contribution in [3.8, 4) is 0 Å². The highest BCUT2D eigenvalue weighted by molar-refractivity contribution is 7.91. The van der Waals surface area contributed by atoms with Gasteiger partial charge in [-0.3, -0.25) is 0 Å². The van der Waals surface area contributed by atoms with Crippen molar-refractivity contribution in [3.63, 3.8) is 0 Å². The van der Waals surface area contributed by atoms with Crippen molar-refractivity contribution in [3.05, 3.63) is 29.8 Å². The summed E-state index contributed by atoms with van der Waals surface area (Å²) in [6.07, 6.45) is 3.24. The normalized spacial score (nSPS) is 18.7. The molecule has 2 nitrogen and oxygen atoms in total. The Morgan fingerprint density at radius 1 is 1.17 bits per heavy atom. The van der Waals surface area contributed by atoms with Crippen LogP contribution in [0.1, 0.15) is 51.5 Å². The van der Waals surface area contributed by atoms with Crippen LogP contribution in [0.3, 0.4) is 0 Å². The lowest BCUT2D eigenvalue weighted by Gasteiger charge is -2.37. The Morgan fingerprint density at radius 2 is 1.72 bits per heavy atom. The van der Waals surface area contributed by atoms with Gasteiger partial charge in [0, 0.05) is 0 Å². The van der Waals surface area contributed by atoms with Crippen LogP contribution in [-0.4, -0.2) is 14.2 Å². The largest absolute Gasteiger partial charge is 0.224 e. The van der Waals surface area contributed by atoms with E-state index in [1.54, 1.807) is 12.1 Å². The van der Waals surface area contributed by atoms with Crippen LogP contribution in [0.5, 0.6) is 0 Å². The summed E-state index contributed by atoms with van der Waals surface area (Å²) in [6.45, 7) is 6.30. The van der Waals surface area contributed by atoms with E-state index in [0.29, 0.717) is 16.6 Å². The summed E-state index contributed by atoms with van der Waals surface area (Å²) < 4.78 is 24.6. The topological polar surface area (TPSA) is 34.1 Å². The lowest BCUT2D eigenvalue weighted by molar-refractivity contribution is 0.194. The number of hydrogen-bond acceptors (Lipinski definition) is 2. The predicted octanol–water partition coefficient (Wildman–Crippen LogP) is 3.77. The molecule has 1 aromatic rings. The Hall–Kier alpha value is -0.830. The number of sulfone groups is 1. The monoisotopic (exact) mass is 266 g/mol. The van der Waals surface area contributed by atoms with Crippen molar-refractivity contribution in [2.24, 2.45) is 5.41 Å². The molecule has 0 atom stereocenters. The third-order valence-electron chi connectivity index (χ3n) is 4.01. The summed E-state index contributed by atoms with van der Waals surface area (Å²) in [4.78, 5) is 0.472. The maximum Gasteiger partial charge on any atom is 0.178 e. The first-order valence-corrected chi connectivity index (χ1v) is 8.30. The van der Waals surface area contributed by atoms with Crippen molar-refractivity contribution in [2.45, 2.75) is 50.8 Å². The zero-order valence-corrected chi connectivity index (χ0v) is 12.3. The molecule has 2 rings (SSSR count). The van der Waals surface area contributed by atoms with Crippen molar-refractivity contribution in [1.29, 1.82) is 0 Å². The molecule has 0 aliphatic heterocycles. The molecule has 1 aromatic carbocycles. The molecule has 0 heterocycles. The number of hydrogen-bond donors (Lipinski definition) is 0. The van der Waals surface area contributed by atoms with Gasteiger partial charge in [-0.15, -0.1) is 0 Å². The Morgan fingerprint density at radius 3 is 2.11 bits per heavy atom. The van der Waals surface area contributed by atoms with Gasteiger partial charge >= 0.3 is 0 Å². The van der Waals surface area contributed by atoms with Crippen LogP contribution in [0.25, 0.3) is 0 Å². The van der Waals surface area contributed by atoms with Gasteiger partial charge in [0.2, 0.25) is 0 Å². The molecule has 0 radical (unpaired) electrons. The Bertz CT molecular complexity index is 508. The van der Waals surface area contributed by atoms with Gasteiger partial charge in [0.25, 0.3) is 0 Å². The zero-order chi connectivity index (χ0) is 13.4. The van der Waals surface area contributed by atoms with Gasteiger partial charge in [-0.05, 0) is 41.9 Å². The van der Waals surface area contributed by atoms with E-state index in [-0.39, 0.29) is 5.41 Å². The molecule has 0 N–H and O–H groups in total. The summed E-state index contributed by atoms with van der Waals surface area (Å²) in [5.41, 5.74) is 1.19. The summed E-state index contributed by atoms with van der Waals surface area (Å²) in [5.74, 6) is 0.729. The number of benzene rings is 1. The quantitative estimate of drug-likeness (QED) is 0.831. The first kappa shape index (κ1) is 13.6. The van der Waals surface area contributed by atoms with Crippen molar-refractivity contribution in [2.75, 3.05) is 5.75 Å². The maximum atomic E-state index is 12.3. The molecule has 0 aromatic heterocycles. The summed E-state index contributed by atoms with van der Waals surface area (Å²) in [5, 5.41) is 0. The molecule has 100 valence electrons. The van der Waals surface area contributed by atoms with Crippen LogP contribution < -0.4 is 0 Å². The fourth-order valence-corrected chi connectivity index (χ4v) is 4.45. The van der Waals surface area contributed by atoms with Crippen LogP contribution in [-0.2, 0) is 9.84 Å². The Kier molecular flexibility index (Phi) is 3.54. The standard InChI is InChI=1S/C15H22O2S/c1-12(2)13-5-7-14(8-6-13)18(16,17)11-15(3)9-4-10-15/h5-8,12H,4,9-11H2,1-3H3. The van der Waals surface area contributed by atoms with Gasteiger partial charge in [-0.2, -0.15) is 0 Å². The molecular weight excluding hydrogens is 244 g/mol. The fourth-order valence-electron chi connectivity index (χ4n) is 2.53. The second-order valence-electron chi connectivity index (χ2n) is 6.15. The zero-order valence-electron chi connectivity index (χ0n) is 11.4. The van der Waals surface area contributed by atoms with E-state index in [1.165, 1.54) is 5.56 Å². The van der Waals surface area contributed by atoms with Gasteiger partial charge in [0.15, 0.2) is 9.84 Å². The minimum absolute atomic E-state index is 0.00948. The summed E-state index contributed by atoms with van der Waals surface area (Å²) in [7, 11) is -3.12. The Balaban J connectivity index is 2.19. The van der Waals surface area contributed by atoms with Crippen molar-refractivity contribution in [1.82, 2.24) is 0 Å². The molecule has 0 amide bonds.